The SMILES string of the molecule is NNC(CC1CCCCO1)c1cccc2c1OCCC2. The van der Waals surface area contributed by atoms with Gasteiger partial charge >= 0.3 is 0 Å². The van der Waals surface area contributed by atoms with Gasteiger partial charge < -0.3 is 9.47 Å². The van der Waals surface area contributed by atoms with E-state index in [0.29, 0.717) is 6.10 Å². The maximum Gasteiger partial charge on any atom is 0.127 e. The molecule has 4 nitrogen and oxygen atoms in total. The van der Waals surface area contributed by atoms with Gasteiger partial charge in [0.2, 0.25) is 0 Å². The molecule has 2 heterocycles. The smallest absolute Gasteiger partial charge is 0.127 e. The van der Waals surface area contributed by atoms with Crippen LogP contribution in [0, 0.1) is 0 Å². The van der Waals surface area contributed by atoms with Gasteiger partial charge in [0, 0.05) is 12.2 Å². The van der Waals surface area contributed by atoms with Crippen molar-refractivity contribution in [2.45, 2.75) is 50.7 Å². The van der Waals surface area contributed by atoms with Gasteiger partial charge in [-0.3, -0.25) is 11.3 Å². The molecule has 1 saturated heterocycles. The Morgan fingerprint density at radius 1 is 1.25 bits per heavy atom. The van der Waals surface area contributed by atoms with Gasteiger partial charge in [-0.05, 0) is 44.1 Å². The normalized spacial score (nSPS) is 23.8. The van der Waals surface area contributed by atoms with Crippen molar-refractivity contribution >= 4 is 0 Å². The van der Waals surface area contributed by atoms with E-state index in [0.717, 1.165) is 44.6 Å². The number of rotatable bonds is 4. The number of hydrazine groups is 1. The van der Waals surface area contributed by atoms with Crippen LogP contribution in [0.2, 0.25) is 0 Å². The second-order valence-corrected chi connectivity index (χ2v) is 5.73. The van der Waals surface area contributed by atoms with Crippen LogP contribution in [0.25, 0.3) is 0 Å². The number of fused-ring (bicyclic) bond motifs is 1. The summed E-state index contributed by atoms with van der Waals surface area (Å²) in [5.41, 5.74) is 5.44. The van der Waals surface area contributed by atoms with Gasteiger partial charge in [-0.15, -0.1) is 0 Å². The summed E-state index contributed by atoms with van der Waals surface area (Å²) in [6.45, 7) is 1.69. The number of ether oxygens (including phenoxy) is 2. The van der Waals surface area contributed by atoms with Crippen LogP contribution < -0.4 is 16.0 Å². The van der Waals surface area contributed by atoms with Crippen LogP contribution in [0.5, 0.6) is 5.75 Å². The summed E-state index contributed by atoms with van der Waals surface area (Å²) in [6, 6.07) is 6.49. The number of aryl methyl sites for hydroxylation is 1. The minimum atomic E-state index is 0.103. The molecule has 0 radical (unpaired) electrons. The molecule has 110 valence electrons. The molecule has 4 heteroatoms. The molecule has 0 amide bonds. The standard InChI is InChI=1S/C16H24N2O2/c17-18-15(11-13-7-1-2-9-19-13)14-8-3-5-12-6-4-10-20-16(12)14/h3,5,8,13,15,18H,1-2,4,6-7,9-11,17H2. The van der Waals surface area contributed by atoms with Crippen LogP contribution in [0.4, 0.5) is 0 Å². The molecule has 1 aromatic rings. The molecule has 1 aromatic carbocycles. The monoisotopic (exact) mass is 276 g/mol. The molecule has 0 saturated carbocycles. The number of nitrogens with one attached hydrogen (secondary N) is 1. The summed E-state index contributed by atoms with van der Waals surface area (Å²) in [7, 11) is 0. The highest BCUT2D eigenvalue weighted by atomic mass is 16.5. The van der Waals surface area contributed by atoms with Gasteiger partial charge in [0.1, 0.15) is 5.75 Å². The second-order valence-electron chi connectivity index (χ2n) is 5.73. The Labute approximate surface area is 120 Å². The Bertz CT molecular complexity index is 444. The van der Waals surface area contributed by atoms with Gasteiger partial charge in [-0.25, -0.2) is 0 Å². The van der Waals surface area contributed by atoms with E-state index in [2.05, 4.69) is 23.6 Å². The summed E-state index contributed by atoms with van der Waals surface area (Å²) in [4.78, 5) is 0. The van der Waals surface area contributed by atoms with Gasteiger partial charge in [-0.2, -0.15) is 0 Å². The Morgan fingerprint density at radius 3 is 3.00 bits per heavy atom. The summed E-state index contributed by atoms with van der Waals surface area (Å²) in [6.07, 6.45) is 6.99. The third-order valence-electron chi connectivity index (χ3n) is 4.31. The lowest BCUT2D eigenvalue weighted by molar-refractivity contribution is 0.00484. The van der Waals surface area contributed by atoms with Crippen molar-refractivity contribution in [2.75, 3.05) is 13.2 Å². The van der Waals surface area contributed by atoms with Crippen molar-refractivity contribution in [3.05, 3.63) is 29.3 Å². The topological polar surface area (TPSA) is 56.5 Å². The van der Waals surface area contributed by atoms with Gasteiger partial charge in [-0.1, -0.05) is 18.2 Å². The van der Waals surface area contributed by atoms with Gasteiger partial charge in [0.05, 0.1) is 18.8 Å². The Balaban J connectivity index is 1.78. The molecule has 20 heavy (non-hydrogen) atoms. The van der Waals surface area contributed by atoms with Crippen LogP contribution in [0.15, 0.2) is 18.2 Å². The molecule has 0 aliphatic carbocycles. The molecule has 0 bridgehead atoms. The molecule has 0 aromatic heterocycles. The first kappa shape index (κ1) is 13.9. The van der Waals surface area contributed by atoms with Crippen molar-refractivity contribution in [2.24, 2.45) is 5.84 Å². The number of para-hydroxylation sites is 1. The van der Waals surface area contributed by atoms with Crippen molar-refractivity contribution in [3.8, 4) is 5.75 Å². The van der Waals surface area contributed by atoms with Crippen molar-refractivity contribution < 1.29 is 9.47 Å². The number of hydrogen-bond donors (Lipinski definition) is 2. The molecule has 2 aliphatic heterocycles. The fourth-order valence-corrected chi connectivity index (χ4v) is 3.23. The van der Waals surface area contributed by atoms with Crippen LogP contribution in [0.3, 0.4) is 0 Å². The minimum Gasteiger partial charge on any atom is -0.493 e. The van der Waals surface area contributed by atoms with Crippen LogP contribution >= 0.6 is 0 Å². The summed E-state index contributed by atoms with van der Waals surface area (Å²) in [5.74, 6) is 6.83. The highest BCUT2D eigenvalue weighted by molar-refractivity contribution is 5.44. The van der Waals surface area contributed by atoms with E-state index in [9.17, 15) is 0 Å². The predicted octanol–water partition coefficient (Wildman–Crippen LogP) is 2.48. The lowest BCUT2D eigenvalue weighted by Crippen LogP contribution is -2.33. The molecule has 3 rings (SSSR count). The highest BCUT2D eigenvalue weighted by Crippen LogP contribution is 2.35. The van der Waals surface area contributed by atoms with Gasteiger partial charge in [0.15, 0.2) is 0 Å². The number of nitrogens with two attached hydrogens (primary N) is 1. The van der Waals surface area contributed by atoms with Crippen LogP contribution in [-0.2, 0) is 11.2 Å². The highest BCUT2D eigenvalue weighted by Gasteiger charge is 2.24. The first-order chi connectivity index (χ1) is 9.88. The summed E-state index contributed by atoms with van der Waals surface area (Å²) < 4.78 is 11.7. The largest absolute Gasteiger partial charge is 0.493 e. The van der Waals surface area contributed by atoms with E-state index in [-0.39, 0.29) is 6.04 Å². The van der Waals surface area contributed by atoms with Crippen molar-refractivity contribution in [1.29, 1.82) is 0 Å². The van der Waals surface area contributed by atoms with E-state index in [1.807, 2.05) is 0 Å². The van der Waals surface area contributed by atoms with E-state index in [4.69, 9.17) is 15.3 Å². The third kappa shape index (κ3) is 2.97. The second kappa shape index (κ2) is 6.57. The predicted molar refractivity (Wildman–Crippen MR) is 78.5 cm³/mol. The molecule has 2 atom stereocenters. The molecule has 1 fully saturated rings. The Morgan fingerprint density at radius 2 is 2.20 bits per heavy atom. The fourth-order valence-electron chi connectivity index (χ4n) is 3.23. The third-order valence-corrected chi connectivity index (χ3v) is 4.31. The molecule has 2 unspecified atom stereocenters. The maximum absolute atomic E-state index is 5.89. The average molecular weight is 276 g/mol. The average Bonchev–Trinajstić information content (AvgIpc) is 2.53. The zero-order valence-corrected chi connectivity index (χ0v) is 11.9. The van der Waals surface area contributed by atoms with E-state index in [1.54, 1.807) is 0 Å². The Hall–Kier alpha value is -1.10. The van der Waals surface area contributed by atoms with Crippen LogP contribution in [-0.4, -0.2) is 19.3 Å². The minimum absolute atomic E-state index is 0.103. The molecule has 2 aliphatic rings. The maximum atomic E-state index is 5.89. The zero-order chi connectivity index (χ0) is 13.8. The zero-order valence-electron chi connectivity index (χ0n) is 11.9. The molecule has 3 N–H and O–H groups in total. The quantitative estimate of drug-likeness (QED) is 0.655. The number of hydrogen-bond acceptors (Lipinski definition) is 4. The molecule has 0 spiro atoms. The first-order valence-corrected chi connectivity index (χ1v) is 7.71. The van der Waals surface area contributed by atoms with E-state index < -0.39 is 0 Å². The van der Waals surface area contributed by atoms with Crippen molar-refractivity contribution in [1.82, 2.24) is 5.43 Å². The van der Waals surface area contributed by atoms with E-state index in [1.165, 1.54) is 24.0 Å². The van der Waals surface area contributed by atoms with Crippen molar-refractivity contribution in [3.63, 3.8) is 0 Å². The Kier molecular flexibility index (Phi) is 4.55. The van der Waals surface area contributed by atoms with Crippen LogP contribution in [0.1, 0.15) is 49.3 Å². The first-order valence-electron chi connectivity index (χ1n) is 7.71. The fraction of sp³-hybridized carbons (Fsp3) is 0.625. The molecular weight excluding hydrogens is 252 g/mol. The number of benzene rings is 1. The lowest BCUT2D eigenvalue weighted by Gasteiger charge is -2.29. The summed E-state index contributed by atoms with van der Waals surface area (Å²) >= 11 is 0. The summed E-state index contributed by atoms with van der Waals surface area (Å²) in [5, 5.41) is 0. The molecular formula is C16H24N2O2. The van der Waals surface area contributed by atoms with Gasteiger partial charge in [0.25, 0.3) is 0 Å². The lowest BCUT2D eigenvalue weighted by atomic mass is 9.93. The van der Waals surface area contributed by atoms with E-state index >= 15 is 0 Å².